The highest BCUT2D eigenvalue weighted by Gasteiger charge is 2.31. The maximum Gasteiger partial charge on any atom is 0.230 e. The summed E-state index contributed by atoms with van der Waals surface area (Å²) < 4.78 is 0. The van der Waals surface area contributed by atoms with E-state index in [2.05, 4.69) is 5.73 Å². The molecular formula is C12H15NO2. The van der Waals surface area contributed by atoms with E-state index in [4.69, 9.17) is 0 Å². The van der Waals surface area contributed by atoms with Crippen molar-refractivity contribution in [1.29, 1.82) is 0 Å². The number of rotatable bonds is 1. The second-order valence-electron chi connectivity index (χ2n) is 4.18. The molecule has 1 aliphatic carbocycles. The molecule has 3 rings (SSSR count). The average molecular weight is 205 g/mol. The molecule has 2 aliphatic heterocycles. The van der Waals surface area contributed by atoms with Crippen molar-refractivity contribution in [1.82, 2.24) is 4.90 Å². The number of hydrogen-bond donors (Lipinski definition) is 1. The number of amides is 1. The molecule has 0 saturated carbocycles. The number of aliphatic hydroxyl groups excluding tert-OH is 1. The van der Waals surface area contributed by atoms with Gasteiger partial charge in [0, 0.05) is 12.6 Å². The van der Waals surface area contributed by atoms with Crippen LogP contribution in [0.2, 0.25) is 0 Å². The lowest BCUT2D eigenvalue weighted by molar-refractivity contribution is -0.134. The first-order chi connectivity index (χ1) is 7.13. The second-order valence-corrected chi connectivity index (χ2v) is 4.18. The van der Waals surface area contributed by atoms with Crippen LogP contribution in [0.15, 0.2) is 29.0 Å². The summed E-state index contributed by atoms with van der Waals surface area (Å²) in [5, 5.41) is 9.26. The number of carbonyl (C=O) groups excluding carboxylic acids is 1. The molecule has 1 N–H and O–H groups in total. The van der Waals surface area contributed by atoms with E-state index in [-0.39, 0.29) is 24.5 Å². The Kier molecular flexibility index (Phi) is 2.51. The van der Waals surface area contributed by atoms with Crippen molar-refractivity contribution in [2.24, 2.45) is 5.92 Å². The molecule has 15 heavy (non-hydrogen) atoms. The van der Waals surface area contributed by atoms with Gasteiger partial charge in [-0.3, -0.25) is 4.79 Å². The van der Waals surface area contributed by atoms with E-state index < -0.39 is 0 Å². The second kappa shape index (κ2) is 3.69. The SMILES string of the molecule is CC1=C=C(CO)[C@@H]2C=C[C@H](C1)C(=O)N2C. The van der Waals surface area contributed by atoms with E-state index in [9.17, 15) is 9.90 Å². The van der Waals surface area contributed by atoms with Crippen molar-refractivity contribution in [2.45, 2.75) is 19.4 Å². The molecule has 0 saturated heterocycles. The molecule has 80 valence electrons. The largest absolute Gasteiger partial charge is 0.391 e. The average Bonchev–Trinajstić information content (AvgIpc) is 2.19. The molecule has 0 aromatic carbocycles. The Balaban J connectivity index is 2.52. The zero-order valence-corrected chi connectivity index (χ0v) is 9.03. The van der Waals surface area contributed by atoms with Crippen molar-refractivity contribution in [3.63, 3.8) is 0 Å². The van der Waals surface area contributed by atoms with E-state index >= 15 is 0 Å². The summed E-state index contributed by atoms with van der Waals surface area (Å²) in [5.74, 6) is 0.0910. The number of aliphatic hydroxyl groups is 1. The smallest absolute Gasteiger partial charge is 0.230 e. The van der Waals surface area contributed by atoms with Gasteiger partial charge in [-0.25, -0.2) is 0 Å². The zero-order chi connectivity index (χ0) is 11.0. The molecule has 2 atom stereocenters. The van der Waals surface area contributed by atoms with Gasteiger partial charge in [0.1, 0.15) is 0 Å². The van der Waals surface area contributed by atoms with Crippen LogP contribution < -0.4 is 0 Å². The lowest BCUT2D eigenvalue weighted by atomic mass is 9.88. The minimum absolute atomic E-state index is 0.0426. The first kappa shape index (κ1) is 10.2. The number of hydrogen-bond acceptors (Lipinski definition) is 2. The molecule has 3 heteroatoms. The van der Waals surface area contributed by atoms with Crippen LogP contribution >= 0.6 is 0 Å². The highest BCUT2D eigenvalue weighted by Crippen LogP contribution is 2.27. The van der Waals surface area contributed by atoms with Crippen LogP contribution in [0.1, 0.15) is 13.3 Å². The minimum Gasteiger partial charge on any atom is -0.391 e. The standard InChI is InChI=1S/C12H15NO2/c1-8-5-9-3-4-11(10(6-8)7-14)13(2)12(9)15/h3-4,9,11,14H,5,7H2,1-2H3/t6?,9-,11+/m1/s1. The summed E-state index contributed by atoms with van der Waals surface area (Å²) >= 11 is 0. The van der Waals surface area contributed by atoms with Crippen molar-refractivity contribution in [2.75, 3.05) is 13.7 Å². The summed E-state index contributed by atoms with van der Waals surface area (Å²) in [6.45, 7) is 1.91. The van der Waals surface area contributed by atoms with E-state index in [0.717, 1.165) is 11.1 Å². The fourth-order valence-electron chi connectivity index (χ4n) is 2.22. The molecule has 0 unspecified atom stereocenters. The Bertz CT molecular complexity index is 388. The van der Waals surface area contributed by atoms with Crippen LogP contribution in [0.5, 0.6) is 0 Å². The van der Waals surface area contributed by atoms with E-state index in [0.29, 0.717) is 6.42 Å². The van der Waals surface area contributed by atoms with Crippen LogP contribution in [-0.2, 0) is 4.79 Å². The van der Waals surface area contributed by atoms with Gasteiger partial charge in [0.05, 0.1) is 18.6 Å². The molecule has 0 aromatic heterocycles. The monoisotopic (exact) mass is 205 g/mol. The minimum atomic E-state index is -0.117. The summed E-state index contributed by atoms with van der Waals surface area (Å²) in [6, 6.07) is -0.117. The van der Waals surface area contributed by atoms with Crippen LogP contribution in [0.25, 0.3) is 0 Å². The molecule has 3 aliphatic rings. The van der Waals surface area contributed by atoms with Gasteiger partial charge >= 0.3 is 0 Å². The number of likely N-dealkylation sites (N-methyl/N-ethyl adjacent to an activating group) is 1. The molecule has 2 bridgehead atoms. The summed E-state index contributed by atoms with van der Waals surface area (Å²) in [7, 11) is 1.78. The molecule has 0 radical (unpaired) electrons. The maximum atomic E-state index is 11.9. The summed E-state index contributed by atoms with van der Waals surface area (Å²) in [6.07, 6.45) is 4.64. The highest BCUT2D eigenvalue weighted by molar-refractivity contribution is 5.83. The molecule has 1 amide bonds. The zero-order valence-electron chi connectivity index (χ0n) is 9.03. The fourth-order valence-corrected chi connectivity index (χ4v) is 2.22. The third-order valence-corrected chi connectivity index (χ3v) is 3.04. The fraction of sp³-hybridized carbons (Fsp3) is 0.500. The summed E-state index contributed by atoms with van der Waals surface area (Å²) in [4.78, 5) is 13.6. The van der Waals surface area contributed by atoms with Gasteiger partial charge in [-0.15, -0.1) is 5.73 Å². The summed E-state index contributed by atoms with van der Waals surface area (Å²) in [5.41, 5.74) is 5.01. The van der Waals surface area contributed by atoms with Gasteiger partial charge in [-0.2, -0.15) is 0 Å². The molecule has 0 spiro atoms. The van der Waals surface area contributed by atoms with Gasteiger partial charge in [0.15, 0.2) is 0 Å². The third-order valence-electron chi connectivity index (χ3n) is 3.04. The number of nitrogens with zero attached hydrogens (tertiary/aromatic N) is 1. The Morgan fingerprint density at radius 1 is 1.60 bits per heavy atom. The molecule has 0 aromatic rings. The Morgan fingerprint density at radius 2 is 2.33 bits per heavy atom. The van der Waals surface area contributed by atoms with E-state index in [1.807, 2.05) is 19.1 Å². The molecule has 2 heterocycles. The Hall–Kier alpha value is -1.31. The lowest BCUT2D eigenvalue weighted by Crippen LogP contribution is -2.44. The topological polar surface area (TPSA) is 40.5 Å². The van der Waals surface area contributed by atoms with Crippen molar-refractivity contribution >= 4 is 5.91 Å². The molecule has 0 fully saturated rings. The molecule has 3 nitrogen and oxygen atoms in total. The molecular weight excluding hydrogens is 190 g/mol. The van der Waals surface area contributed by atoms with Crippen molar-refractivity contribution in [3.05, 3.63) is 29.0 Å². The van der Waals surface area contributed by atoms with Gasteiger partial charge in [0.25, 0.3) is 0 Å². The Morgan fingerprint density at radius 3 is 3.00 bits per heavy atom. The van der Waals surface area contributed by atoms with Crippen molar-refractivity contribution in [3.8, 4) is 0 Å². The van der Waals surface area contributed by atoms with Crippen LogP contribution in [-0.4, -0.2) is 35.6 Å². The van der Waals surface area contributed by atoms with Crippen molar-refractivity contribution < 1.29 is 9.90 Å². The van der Waals surface area contributed by atoms with E-state index in [1.165, 1.54) is 0 Å². The van der Waals surface area contributed by atoms with Crippen LogP contribution in [0, 0.1) is 5.92 Å². The lowest BCUT2D eigenvalue weighted by Gasteiger charge is -2.34. The third kappa shape index (κ3) is 1.65. The predicted molar refractivity (Wildman–Crippen MR) is 57.1 cm³/mol. The van der Waals surface area contributed by atoms with Gasteiger partial charge < -0.3 is 10.0 Å². The van der Waals surface area contributed by atoms with Gasteiger partial charge in [-0.1, -0.05) is 12.2 Å². The van der Waals surface area contributed by atoms with E-state index in [1.54, 1.807) is 11.9 Å². The first-order valence-corrected chi connectivity index (χ1v) is 5.14. The first-order valence-electron chi connectivity index (χ1n) is 5.14. The van der Waals surface area contributed by atoms with Gasteiger partial charge in [0.2, 0.25) is 5.91 Å². The number of carbonyl (C=O) groups is 1. The quantitative estimate of drug-likeness (QED) is 0.509. The van der Waals surface area contributed by atoms with Crippen LogP contribution in [0.4, 0.5) is 0 Å². The van der Waals surface area contributed by atoms with Crippen LogP contribution in [0.3, 0.4) is 0 Å². The highest BCUT2D eigenvalue weighted by atomic mass is 16.3. The predicted octanol–water partition coefficient (Wildman–Crippen LogP) is 0.867. The van der Waals surface area contributed by atoms with Gasteiger partial charge in [-0.05, 0) is 18.9 Å². The normalized spacial score (nSPS) is 29.8. The Labute approximate surface area is 89.4 Å². The maximum absolute atomic E-state index is 11.9. The number of fused-ring (bicyclic) bond motifs is 2.